The van der Waals surface area contributed by atoms with Crippen LogP contribution in [0.15, 0.2) is 60.7 Å². The Morgan fingerprint density at radius 1 is 0.330 bits per heavy atom. The third-order valence-corrected chi connectivity index (χ3v) is 21.4. The second-order valence-electron chi connectivity index (χ2n) is 30.3. The van der Waals surface area contributed by atoms with Crippen LogP contribution >= 0.6 is 0 Å². The van der Waals surface area contributed by atoms with Crippen LogP contribution in [0.5, 0.6) is 57.5 Å². The van der Waals surface area contributed by atoms with Gasteiger partial charge in [-0.15, -0.1) is 0 Å². The van der Waals surface area contributed by atoms with Crippen molar-refractivity contribution in [2.24, 2.45) is 59.1 Å². The largest absolute Gasteiger partial charge is 0.493 e. The van der Waals surface area contributed by atoms with Crippen molar-refractivity contribution in [2.45, 2.75) is 226 Å². The second kappa shape index (κ2) is 40.6. The van der Waals surface area contributed by atoms with Crippen molar-refractivity contribution in [3.05, 3.63) is 116 Å². The van der Waals surface area contributed by atoms with Crippen LogP contribution in [0, 0.1) is 59.1 Å². The number of aryl methyl sites for hydroxylation is 5. The molecule has 18 atom stereocenters. The van der Waals surface area contributed by atoms with Gasteiger partial charge in [-0.2, -0.15) is 0 Å². The maximum atomic E-state index is 11.0. The number of hydrogen-bond donors (Lipinski definition) is 5. The van der Waals surface area contributed by atoms with E-state index in [1.807, 2.05) is 27.7 Å². The number of aliphatic hydroxyl groups excluding tert-OH is 5. The molecule has 5 fully saturated rings. The van der Waals surface area contributed by atoms with Gasteiger partial charge in [-0.3, -0.25) is 24.5 Å². The topological polar surface area (TPSA) is 210 Å². The third-order valence-electron chi connectivity index (χ3n) is 21.4. The molecule has 5 saturated heterocycles. The maximum Gasteiger partial charge on any atom is 0.161 e. The van der Waals surface area contributed by atoms with E-state index in [0.717, 1.165) is 47.6 Å². The molecule has 5 N–H and O–H groups in total. The van der Waals surface area contributed by atoms with Crippen molar-refractivity contribution in [3.8, 4) is 57.5 Å². The van der Waals surface area contributed by atoms with Gasteiger partial charge in [0.25, 0.3) is 0 Å². The Morgan fingerprint density at radius 3 is 0.713 bits per heavy atom. The van der Waals surface area contributed by atoms with Crippen LogP contribution < -0.4 is 47.4 Å². The molecule has 10 heterocycles. The highest BCUT2D eigenvalue weighted by Gasteiger charge is 2.45. The summed E-state index contributed by atoms with van der Waals surface area (Å²) in [6, 6.07) is 2.98. The minimum absolute atomic E-state index is 0.00244. The Morgan fingerprint density at radius 2 is 0.522 bits per heavy atom. The molecule has 5 aromatic carbocycles. The van der Waals surface area contributed by atoms with Gasteiger partial charge in [-0.1, -0.05) is 69.0 Å². The molecule has 0 radical (unpaired) electrons. The van der Waals surface area contributed by atoms with Gasteiger partial charge in [-0.05, 0) is 271 Å². The number of nitrogens with zero attached hydrogens (tertiary/aromatic N) is 5. The number of rotatable bonds is 20. The quantitative estimate of drug-likeness (QED) is 0.0491. The van der Waals surface area contributed by atoms with E-state index in [4.69, 9.17) is 109 Å². The van der Waals surface area contributed by atoms with E-state index in [0.29, 0.717) is 35.0 Å². The first kappa shape index (κ1) is 44.8. The summed E-state index contributed by atoms with van der Waals surface area (Å²) < 4.78 is 459. The SMILES string of the molecule is [2H]C([2H])([2H])Oc1cc2c(cc1OC)C([2H])([2H])C([2H])([2H])N1CC(C([2H])([2H])C([2H])(C)C([2H])([2H])[2H])C(O)CC21[2H].[2H]C([2H])([2H])Oc1cc2c(cc1OC)C([2H])([2H])C([2H])([2H])N1CC(CC(C)C)C(O)CC21[2H].[2H]C12CC(O)C(C([2H])([2H])C([2H])(C)C([2H])([2H])[2H])CN1C([2H])([2H])C([2H])([2H])c1cc(OC)c(OC)cc12.[2H]C12CC(O)C(C([2H])([2H])C([2H])(C)C([2H])([2H])[2H])CN1C([2H])([2H])C([2H])([2H])c1cc(OC)c(OC)cc12.[2H]C12CC(O)C(CC(C)C)CN1C([2H])([2H])C([2H])([2H])c1cc(OC)c(OC)cc12. The summed E-state index contributed by atoms with van der Waals surface area (Å²) in [4.78, 5) is 4.78. The van der Waals surface area contributed by atoms with Gasteiger partial charge in [0.2, 0.25) is 0 Å². The molecule has 18 unspecified atom stereocenters. The van der Waals surface area contributed by atoms with Gasteiger partial charge >= 0.3 is 0 Å². The fourth-order valence-corrected chi connectivity index (χ4v) is 15.9. The van der Waals surface area contributed by atoms with Crippen LogP contribution in [0.25, 0.3) is 0 Å². The summed E-state index contributed by atoms with van der Waals surface area (Å²) in [6.45, 7) is -14.3. The summed E-state index contributed by atoms with van der Waals surface area (Å²) in [7, 11) is 4.95. The number of hydrogen-bond acceptors (Lipinski definition) is 20. The highest BCUT2D eigenvalue weighted by molar-refractivity contribution is 5.54. The standard InChI is InChI=1S/5C19H29NO3/c5*1-12(2)7-14-11-20-6-5-13-8-18(22-3)19(23-4)9-15(13)16(20)10-17(14)21/h5*8-9,12,14,16-17,21H,5-7,10-11H2,1-4H3/i1D3,4D3,5D2,6D2,7D2,12D,16D;2*1D3,5D2,6D2,7D2,12D,16D;4D3,5D2,6D2,16D;5D2,6D2,16D. The fourth-order valence-electron chi connectivity index (χ4n) is 15.9. The van der Waals surface area contributed by atoms with Crippen LogP contribution in [0.1, 0.15) is 286 Å². The zero-order valence-electron chi connectivity index (χ0n) is 117. The first-order valence-electron chi connectivity index (χ1n) is 62.7. The van der Waals surface area contributed by atoms with Crippen molar-refractivity contribution in [2.75, 3.05) is 136 Å². The molecule has 5 aromatic rings. The summed E-state index contributed by atoms with van der Waals surface area (Å²) in [5.41, 5.74) is -0.535. The highest BCUT2D eigenvalue weighted by atomic mass is 16.5. The van der Waals surface area contributed by atoms with E-state index in [9.17, 15) is 31.0 Å². The lowest BCUT2D eigenvalue weighted by Crippen LogP contribution is -2.48. The lowest BCUT2D eigenvalue weighted by Gasteiger charge is -2.46. The van der Waals surface area contributed by atoms with Gasteiger partial charge < -0.3 is 72.9 Å². The monoisotopic (exact) mass is 1650 g/mol. The van der Waals surface area contributed by atoms with Crippen LogP contribution in [0.3, 0.4) is 0 Å². The Balaban J connectivity index is 0.000000193. The maximum absolute atomic E-state index is 11.0. The summed E-state index contributed by atoms with van der Waals surface area (Å²) in [6.07, 6.45) is -29.0. The van der Waals surface area contributed by atoms with Crippen molar-refractivity contribution >= 4 is 0 Å². The molecule has 0 amide bonds. The third kappa shape index (κ3) is 21.1. The number of methoxy groups -OCH3 is 10. The molecular weight excluding hydrogens is 1450 g/mol. The van der Waals surface area contributed by atoms with Crippen LogP contribution in [-0.2, 0) is 31.9 Å². The van der Waals surface area contributed by atoms with Crippen LogP contribution in [-0.4, -0.2) is 217 Å². The Kier molecular flexibility index (Phi) is 15.8. The molecule has 20 heteroatoms. The predicted octanol–water partition coefficient (Wildman–Crippen LogP) is 15.1. The predicted molar refractivity (Wildman–Crippen MR) is 456 cm³/mol. The van der Waals surface area contributed by atoms with E-state index >= 15 is 0 Å². The minimum Gasteiger partial charge on any atom is -0.493 e. The number of fused-ring (bicyclic) bond motifs is 15. The van der Waals surface area contributed by atoms with Gasteiger partial charge in [0.1, 0.15) is 0 Å². The summed E-state index contributed by atoms with van der Waals surface area (Å²) in [5.74, 6) is -12.5. The smallest absolute Gasteiger partial charge is 0.161 e. The molecule has 0 saturated carbocycles. The second-order valence-corrected chi connectivity index (χ2v) is 30.3. The number of ether oxygens (including phenoxy) is 10. The Hall–Kier alpha value is -6.30. The average Bonchev–Trinajstić information content (AvgIpc) is 0.704. The van der Waals surface area contributed by atoms with Crippen LogP contribution in [0.4, 0.5) is 0 Å². The molecule has 10 aliphatic heterocycles. The molecule has 0 aliphatic carbocycles. The van der Waals surface area contributed by atoms with Gasteiger partial charge in [0.15, 0.2) is 57.5 Å². The molecule has 20 nitrogen and oxygen atoms in total. The zero-order chi connectivity index (χ0) is 126. The van der Waals surface area contributed by atoms with Gasteiger partial charge in [0, 0.05) is 147 Å². The first-order chi connectivity index (χ1) is 73.7. The molecule has 115 heavy (non-hydrogen) atoms. The summed E-state index contributed by atoms with van der Waals surface area (Å²) >= 11 is 0. The normalized spacial score (nSPS) is 43.8. The number of benzene rings is 5. The molecule has 0 bridgehead atoms. The van der Waals surface area contributed by atoms with Gasteiger partial charge in [0.05, 0.1) is 117 Å². The molecule has 0 aromatic heterocycles. The first-order valence-corrected chi connectivity index (χ1v) is 38.2. The van der Waals surface area contributed by atoms with E-state index in [1.165, 1.54) is 104 Å². The fraction of sp³-hybridized carbons (Fsp3) is 0.684. The lowest BCUT2D eigenvalue weighted by atomic mass is 9.79. The van der Waals surface area contributed by atoms with E-state index in [1.54, 1.807) is 6.07 Å². The summed E-state index contributed by atoms with van der Waals surface area (Å²) in [5, 5.41) is 54.5. The Bertz CT molecular complexity index is 6140. The molecule has 0 spiro atoms. The Labute approximate surface area is 758 Å². The highest BCUT2D eigenvalue weighted by Crippen LogP contribution is 2.50. The van der Waals surface area contributed by atoms with Crippen molar-refractivity contribution in [3.63, 3.8) is 0 Å². The zero-order valence-corrected chi connectivity index (χ0v) is 67.7. The van der Waals surface area contributed by atoms with Crippen LogP contribution in [0.2, 0.25) is 0 Å². The number of aliphatic hydroxyl groups is 5. The van der Waals surface area contributed by atoms with Crippen molar-refractivity contribution in [1.82, 2.24) is 24.5 Å². The van der Waals surface area contributed by atoms with Crippen molar-refractivity contribution in [1.29, 1.82) is 0 Å². The van der Waals surface area contributed by atoms with Crippen molar-refractivity contribution < 1.29 is 140 Å². The molecule has 15 rings (SSSR count). The van der Waals surface area contributed by atoms with E-state index in [2.05, 4.69) is 0 Å². The number of piperidine rings is 5. The average molecular weight is 1650 g/mol. The van der Waals surface area contributed by atoms with E-state index in [-0.39, 0.29) is 146 Å². The van der Waals surface area contributed by atoms with Gasteiger partial charge in [-0.25, -0.2) is 0 Å². The minimum atomic E-state index is -3.12. The van der Waals surface area contributed by atoms with E-state index < -0.39 is 253 Å². The molecule has 10 aliphatic rings. The molecular formula is C95H145N5O15. The lowest BCUT2D eigenvalue weighted by molar-refractivity contribution is -0.0192. The molecule has 640 valence electrons.